The molecule has 11 heteroatoms. The van der Waals surface area contributed by atoms with Crippen LogP contribution >= 0.6 is 0 Å². The first kappa shape index (κ1) is 23.4. The van der Waals surface area contributed by atoms with Gasteiger partial charge in [0.05, 0.1) is 6.61 Å². The van der Waals surface area contributed by atoms with E-state index < -0.39 is 29.4 Å². The van der Waals surface area contributed by atoms with Crippen LogP contribution in [0.1, 0.15) is 46.5 Å². The molecule has 0 bridgehead atoms. The van der Waals surface area contributed by atoms with Crippen LogP contribution in [0.25, 0.3) is 0 Å². The Labute approximate surface area is 151 Å². The molecule has 1 amide bonds. The lowest BCUT2D eigenvalue weighted by Gasteiger charge is -2.19. The van der Waals surface area contributed by atoms with Crippen LogP contribution in [0.2, 0.25) is 0 Å². The molecule has 150 valence electrons. The zero-order valence-electron chi connectivity index (χ0n) is 15.1. The van der Waals surface area contributed by atoms with Crippen LogP contribution in [0.15, 0.2) is 0 Å². The maximum atomic E-state index is 11.7. The van der Waals surface area contributed by atoms with Crippen molar-refractivity contribution >= 4 is 18.0 Å². The number of nitrogens with one attached hydrogen (secondary N) is 1. The van der Waals surface area contributed by atoms with E-state index in [-0.39, 0.29) is 44.2 Å². The standard InChI is InChI=1S/C15H26N2O9/c1-10(2)7-12(8-13(18)19)9-16-15(21)26-11(3)25-14(20)5-4-6-24-17(22)23/h10-12H,4-9H2,1-3H3,(H,16,21)(H,18,19)/t11?,12-/m0/s1. The molecule has 0 aromatic heterocycles. The van der Waals surface area contributed by atoms with E-state index in [1.54, 1.807) is 0 Å². The van der Waals surface area contributed by atoms with E-state index in [2.05, 4.69) is 10.2 Å². The first-order valence-electron chi connectivity index (χ1n) is 8.23. The fraction of sp³-hybridized carbons (Fsp3) is 0.800. The van der Waals surface area contributed by atoms with Gasteiger partial charge < -0.3 is 24.7 Å². The number of amides is 1. The van der Waals surface area contributed by atoms with Gasteiger partial charge in [0.25, 0.3) is 5.09 Å². The second-order valence-electron chi connectivity index (χ2n) is 6.10. The summed E-state index contributed by atoms with van der Waals surface area (Å²) in [7, 11) is 0. The number of ether oxygens (including phenoxy) is 2. The van der Waals surface area contributed by atoms with Crippen molar-refractivity contribution in [1.29, 1.82) is 0 Å². The van der Waals surface area contributed by atoms with Gasteiger partial charge in [-0.2, -0.15) is 0 Å². The summed E-state index contributed by atoms with van der Waals surface area (Å²) in [4.78, 5) is 48.0. The predicted octanol–water partition coefficient (Wildman–Crippen LogP) is 1.73. The average Bonchev–Trinajstić information content (AvgIpc) is 2.47. The van der Waals surface area contributed by atoms with Crippen molar-refractivity contribution < 1.29 is 38.9 Å². The highest BCUT2D eigenvalue weighted by Crippen LogP contribution is 2.14. The van der Waals surface area contributed by atoms with Gasteiger partial charge in [-0.15, -0.1) is 10.1 Å². The zero-order valence-corrected chi connectivity index (χ0v) is 15.1. The Balaban J connectivity index is 4.10. The molecule has 0 spiro atoms. The Morgan fingerprint density at radius 1 is 1.19 bits per heavy atom. The largest absolute Gasteiger partial charge is 0.481 e. The summed E-state index contributed by atoms with van der Waals surface area (Å²) in [5.41, 5.74) is 0. The molecular formula is C15H26N2O9. The van der Waals surface area contributed by atoms with Gasteiger partial charge in [0.1, 0.15) is 0 Å². The molecule has 26 heavy (non-hydrogen) atoms. The molecule has 0 aliphatic heterocycles. The molecule has 0 rings (SSSR count). The highest BCUT2D eigenvalue weighted by Gasteiger charge is 2.18. The monoisotopic (exact) mass is 378 g/mol. The lowest BCUT2D eigenvalue weighted by molar-refractivity contribution is -0.757. The van der Waals surface area contributed by atoms with Gasteiger partial charge in [-0.1, -0.05) is 13.8 Å². The Morgan fingerprint density at radius 3 is 2.38 bits per heavy atom. The molecule has 0 saturated carbocycles. The van der Waals surface area contributed by atoms with Crippen molar-refractivity contribution in [2.75, 3.05) is 13.2 Å². The number of nitrogens with zero attached hydrogens (tertiary/aromatic N) is 1. The second kappa shape index (κ2) is 12.7. The maximum absolute atomic E-state index is 11.7. The number of hydrogen-bond donors (Lipinski definition) is 2. The molecule has 0 aliphatic rings. The third-order valence-electron chi connectivity index (χ3n) is 3.10. The van der Waals surface area contributed by atoms with E-state index in [1.807, 2.05) is 13.8 Å². The molecular weight excluding hydrogens is 352 g/mol. The summed E-state index contributed by atoms with van der Waals surface area (Å²) in [6.07, 6.45) is -1.47. The topological polar surface area (TPSA) is 154 Å². The van der Waals surface area contributed by atoms with E-state index in [0.29, 0.717) is 6.42 Å². The van der Waals surface area contributed by atoms with E-state index in [4.69, 9.17) is 14.6 Å². The van der Waals surface area contributed by atoms with Gasteiger partial charge in [-0.05, 0) is 24.7 Å². The second-order valence-corrected chi connectivity index (χ2v) is 6.10. The van der Waals surface area contributed by atoms with Gasteiger partial charge in [-0.3, -0.25) is 9.59 Å². The molecule has 2 N–H and O–H groups in total. The fourth-order valence-corrected chi connectivity index (χ4v) is 2.20. The maximum Gasteiger partial charge on any atom is 0.410 e. The van der Waals surface area contributed by atoms with Crippen molar-refractivity contribution in [3.63, 3.8) is 0 Å². The molecule has 0 aliphatic carbocycles. The van der Waals surface area contributed by atoms with Gasteiger partial charge in [-0.25, -0.2) is 4.79 Å². The van der Waals surface area contributed by atoms with Crippen LogP contribution in [0.3, 0.4) is 0 Å². The van der Waals surface area contributed by atoms with Crippen molar-refractivity contribution in [1.82, 2.24) is 5.32 Å². The Morgan fingerprint density at radius 2 is 1.85 bits per heavy atom. The number of carbonyl (C=O) groups is 3. The van der Waals surface area contributed by atoms with Crippen molar-refractivity contribution in [2.45, 2.75) is 52.7 Å². The van der Waals surface area contributed by atoms with Gasteiger partial charge in [0.2, 0.25) is 6.29 Å². The highest BCUT2D eigenvalue weighted by atomic mass is 16.9. The molecule has 1 unspecified atom stereocenters. The van der Waals surface area contributed by atoms with Gasteiger partial charge in [0.15, 0.2) is 0 Å². The minimum absolute atomic E-state index is 0.0742. The van der Waals surface area contributed by atoms with Crippen molar-refractivity contribution in [3.8, 4) is 0 Å². The minimum atomic E-state index is -1.15. The Bertz CT molecular complexity index is 482. The number of aliphatic carboxylic acids is 1. The van der Waals surface area contributed by atoms with E-state index in [0.717, 1.165) is 0 Å². The Hall–Kier alpha value is -2.59. The number of alkyl carbamates (subject to hydrolysis) is 1. The van der Waals surface area contributed by atoms with Crippen LogP contribution in [0.4, 0.5) is 4.79 Å². The highest BCUT2D eigenvalue weighted by molar-refractivity contribution is 5.70. The number of carbonyl (C=O) groups excluding carboxylic acids is 2. The van der Waals surface area contributed by atoms with Gasteiger partial charge in [0, 0.05) is 26.3 Å². The number of hydrogen-bond acceptors (Lipinski definition) is 8. The molecule has 11 nitrogen and oxygen atoms in total. The summed E-state index contributed by atoms with van der Waals surface area (Å²) in [6, 6.07) is 0. The van der Waals surface area contributed by atoms with Crippen LogP contribution in [0, 0.1) is 22.0 Å². The fourth-order valence-electron chi connectivity index (χ4n) is 2.20. The third-order valence-corrected chi connectivity index (χ3v) is 3.10. The summed E-state index contributed by atoms with van der Waals surface area (Å²) < 4.78 is 9.67. The molecule has 0 aromatic carbocycles. The summed E-state index contributed by atoms with van der Waals surface area (Å²) >= 11 is 0. The van der Waals surface area contributed by atoms with E-state index in [9.17, 15) is 24.5 Å². The minimum Gasteiger partial charge on any atom is -0.481 e. The first-order valence-corrected chi connectivity index (χ1v) is 8.23. The third kappa shape index (κ3) is 13.8. The number of carboxylic acid groups (broad SMARTS) is 1. The quantitative estimate of drug-likeness (QED) is 0.160. The summed E-state index contributed by atoms with van der Waals surface area (Å²) in [6.45, 7) is 5.13. The van der Waals surface area contributed by atoms with Gasteiger partial charge >= 0.3 is 18.0 Å². The Kier molecular flexibility index (Phi) is 11.5. The SMILES string of the molecule is CC(C)C[C@H](CNC(=O)OC(C)OC(=O)CCCO[N+](=O)[O-])CC(=O)O. The number of rotatable bonds is 13. The average molecular weight is 378 g/mol. The zero-order chi connectivity index (χ0) is 20.1. The van der Waals surface area contributed by atoms with Crippen molar-refractivity contribution in [2.24, 2.45) is 11.8 Å². The lowest BCUT2D eigenvalue weighted by Crippen LogP contribution is -2.34. The molecule has 2 atom stereocenters. The summed E-state index contributed by atoms with van der Waals surface area (Å²) in [5.74, 6) is -1.61. The lowest BCUT2D eigenvalue weighted by atomic mass is 9.94. The van der Waals surface area contributed by atoms with E-state index >= 15 is 0 Å². The van der Waals surface area contributed by atoms with Crippen LogP contribution in [-0.4, -0.2) is 47.7 Å². The number of esters is 1. The summed E-state index contributed by atoms with van der Waals surface area (Å²) in [5, 5.41) is 20.3. The predicted molar refractivity (Wildman–Crippen MR) is 87.4 cm³/mol. The smallest absolute Gasteiger partial charge is 0.410 e. The van der Waals surface area contributed by atoms with Crippen molar-refractivity contribution in [3.05, 3.63) is 10.1 Å². The number of carboxylic acids is 1. The first-order chi connectivity index (χ1) is 12.1. The van der Waals surface area contributed by atoms with E-state index in [1.165, 1.54) is 6.92 Å². The van der Waals surface area contributed by atoms with Crippen LogP contribution in [-0.2, 0) is 23.9 Å². The molecule has 0 fully saturated rings. The molecule has 0 heterocycles. The normalized spacial score (nSPS) is 12.8. The molecule has 0 saturated heterocycles. The van der Waals surface area contributed by atoms with Crippen LogP contribution in [0.5, 0.6) is 0 Å². The molecule has 0 radical (unpaired) electrons. The van der Waals surface area contributed by atoms with Crippen LogP contribution < -0.4 is 5.32 Å². The molecule has 0 aromatic rings.